The molecule has 2 amide bonds. The number of benzene rings is 1. The molecule has 3 aliphatic heterocycles. The second kappa shape index (κ2) is 5.01. The van der Waals surface area contributed by atoms with E-state index < -0.39 is 29.5 Å². The quantitative estimate of drug-likeness (QED) is 0.476. The molecule has 3 aliphatic rings. The molecule has 0 aromatic heterocycles. The summed E-state index contributed by atoms with van der Waals surface area (Å²) in [6, 6.07) is 7.29. The molecule has 2 saturated heterocycles. The molecule has 2 bridgehead atoms. The van der Waals surface area contributed by atoms with Gasteiger partial charge in [0.05, 0.1) is 23.6 Å². The molecule has 2 fully saturated rings. The minimum atomic E-state index is -1.04. The number of imide groups is 1. The van der Waals surface area contributed by atoms with E-state index in [1.165, 1.54) is 11.8 Å². The van der Waals surface area contributed by atoms with Crippen molar-refractivity contribution in [3.63, 3.8) is 0 Å². The summed E-state index contributed by atoms with van der Waals surface area (Å²) >= 11 is 0. The van der Waals surface area contributed by atoms with Crippen molar-refractivity contribution in [2.75, 3.05) is 11.5 Å². The van der Waals surface area contributed by atoms with Gasteiger partial charge in [0.25, 0.3) is 0 Å². The van der Waals surface area contributed by atoms with Crippen molar-refractivity contribution in [2.45, 2.75) is 25.6 Å². The van der Waals surface area contributed by atoms with Crippen LogP contribution in [0.3, 0.4) is 0 Å². The van der Waals surface area contributed by atoms with Crippen molar-refractivity contribution < 1.29 is 23.9 Å². The van der Waals surface area contributed by atoms with Crippen molar-refractivity contribution in [1.82, 2.24) is 0 Å². The number of carbonyl (C=O) groups excluding carboxylic acids is 3. The second-order valence-corrected chi connectivity index (χ2v) is 6.48. The Kier molecular flexibility index (Phi) is 3.15. The molecule has 6 heteroatoms. The van der Waals surface area contributed by atoms with E-state index in [2.05, 4.69) is 0 Å². The Morgan fingerprint density at radius 2 is 2.04 bits per heavy atom. The molecule has 0 saturated carbocycles. The third-order valence-corrected chi connectivity index (χ3v) is 5.01. The molecule has 3 heterocycles. The van der Waals surface area contributed by atoms with E-state index in [4.69, 9.17) is 9.47 Å². The van der Waals surface area contributed by atoms with E-state index in [9.17, 15) is 14.4 Å². The van der Waals surface area contributed by atoms with Gasteiger partial charge < -0.3 is 9.47 Å². The lowest BCUT2D eigenvalue weighted by atomic mass is 9.77. The lowest BCUT2D eigenvalue weighted by molar-refractivity contribution is -0.150. The van der Waals surface area contributed by atoms with Crippen molar-refractivity contribution in [2.24, 2.45) is 11.8 Å². The molecule has 1 aromatic rings. The summed E-state index contributed by atoms with van der Waals surface area (Å²) in [6.45, 7) is 3.11. The molecule has 24 heavy (non-hydrogen) atoms. The summed E-state index contributed by atoms with van der Waals surface area (Å²) in [5.41, 5.74) is 0.420. The van der Waals surface area contributed by atoms with Crippen LogP contribution in [0, 0.1) is 18.8 Å². The number of hydrogen-bond donors (Lipinski definition) is 0. The highest BCUT2D eigenvalue weighted by atomic mass is 16.6. The van der Waals surface area contributed by atoms with E-state index in [0.29, 0.717) is 5.69 Å². The van der Waals surface area contributed by atoms with Crippen LogP contribution in [0.2, 0.25) is 0 Å². The summed E-state index contributed by atoms with van der Waals surface area (Å²) < 4.78 is 11.0. The molecule has 0 N–H and O–H groups in total. The molecule has 0 unspecified atom stereocenters. The van der Waals surface area contributed by atoms with Crippen molar-refractivity contribution in [1.29, 1.82) is 0 Å². The Balaban J connectivity index is 1.72. The van der Waals surface area contributed by atoms with Crippen LogP contribution in [0.4, 0.5) is 5.69 Å². The van der Waals surface area contributed by atoms with Gasteiger partial charge in [0.15, 0.2) is 0 Å². The van der Waals surface area contributed by atoms with Crippen molar-refractivity contribution >= 4 is 23.5 Å². The zero-order valence-corrected chi connectivity index (χ0v) is 13.4. The SMILES string of the molecule is CC(=O)OC[C@]12C=C[C@@H](O1)[C@@H]1C(=O)N(c3ccccc3C)C(=O)[C@@H]12. The van der Waals surface area contributed by atoms with Gasteiger partial charge in [0.1, 0.15) is 12.2 Å². The minimum absolute atomic E-state index is 0.0584. The third-order valence-electron chi connectivity index (χ3n) is 5.01. The number of anilines is 1. The molecule has 0 radical (unpaired) electrons. The first kappa shape index (κ1) is 15.1. The van der Waals surface area contributed by atoms with Crippen LogP contribution in [0.5, 0.6) is 0 Å². The van der Waals surface area contributed by atoms with Gasteiger partial charge in [-0.15, -0.1) is 0 Å². The monoisotopic (exact) mass is 327 g/mol. The molecular formula is C18H17NO5. The number of nitrogens with zero attached hydrogens (tertiary/aromatic N) is 1. The van der Waals surface area contributed by atoms with Crippen LogP contribution >= 0.6 is 0 Å². The van der Waals surface area contributed by atoms with Crippen molar-refractivity contribution in [3.8, 4) is 0 Å². The Labute approximate surface area is 139 Å². The average Bonchev–Trinajstić information content (AvgIpc) is 3.18. The number of esters is 1. The topological polar surface area (TPSA) is 72.9 Å². The second-order valence-electron chi connectivity index (χ2n) is 6.48. The predicted octanol–water partition coefficient (Wildman–Crippen LogP) is 1.37. The van der Waals surface area contributed by atoms with Crippen LogP contribution in [-0.2, 0) is 23.9 Å². The van der Waals surface area contributed by atoms with Crippen LogP contribution in [-0.4, -0.2) is 36.1 Å². The highest BCUT2D eigenvalue weighted by Crippen LogP contribution is 2.52. The molecular weight excluding hydrogens is 310 g/mol. The average molecular weight is 327 g/mol. The number of rotatable bonds is 3. The fourth-order valence-corrected chi connectivity index (χ4v) is 3.93. The van der Waals surface area contributed by atoms with E-state index >= 15 is 0 Å². The number of amides is 2. The minimum Gasteiger partial charge on any atom is -0.462 e. The maximum atomic E-state index is 13.0. The maximum Gasteiger partial charge on any atom is 0.302 e. The molecule has 0 spiro atoms. The fraction of sp³-hybridized carbons (Fsp3) is 0.389. The Bertz CT molecular complexity index is 785. The molecule has 1 aromatic carbocycles. The number of ether oxygens (including phenoxy) is 2. The van der Waals surface area contributed by atoms with Gasteiger partial charge >= 0.3 is 5.97 Å². The van der Waals surface area contributed by atoms with E-state index in [0.717, 1.165) is 5.56 Å². The molecule has 4 atom stereocenters. The van der Waals surface area contributed by atoms with E-state index in [1.54, 1.807) is 24.3 Å². The van der Waals surface area contributed by atoms with Crippen molar-refractivity contribution in [3.05, 3.63) is 42.0 Å². The number of carbonyl (C=O) groups is 3. The summed E-state index contributed by atoms with van der Waals surface area (Å²) in [4.78, 5) is 38.4. The third kappa shape index (κ3) is 1.89. The van der Waals surface area contributed by atoms with E-state index in [-0.39, 0.29) is 18.4 Å². The maximum absolute atomic E-state index is 13.0. The number of para-hydroxylation sites is 1. The summed E-state index contributed by atoms with van der Waals surface area (Å²) in [5, 5.41) is 0. The van der Waals surface area contributed by atoms with Gasteiger partial charge in [0.2, 0.25) is 11.8 Å². The largest absolute Gasteiger partial charge is 0.462 e. The Morgan fingerprint density at radius 3 is 2.75 bits per heavy atom. The molecule has 4 rings (SSSR count). The van der Waals surface area contributed by atoms with Gasteiger partial charge in [-0.2, -0.15) is 0 Å². The first-order chi connectivity index (χ1) is 11.4. The molecule has 124 valence electrons. The number of hydrogen-bond acceptors (Lipinski definition) is 5. The summed E-state index contributed by atoms with van der Waals surface area (Å²) in [6.07, 6.45) is 3.10. The smallest absolute Gasteiger partial charge is 0.302 e. The zero-order chi connectivity index (χ0) is 17.1. The first-order valence-electron chi connectivity index (χ1n) is 7.88. The standard InChI is InChI=1S/C18H17NO5/c1-10-5-3-4-6-12(10)19-16(21)14-13-7-8-18(24-13,9-23-11(2)20)15(14)17(19)22/h3-8,13-15H,9H2,1-2H3/t13-,14+,15-,18+/m1/s1. The number of aryl methyl sites for hydroxylation is 1. The lowest BCUT2D eigenvalue weighted by Crippen LogP contribution is -2.44. The fourth-order valence-electron chi connectivity index (χ4n) is 3.93. The van der Waals surface area contributed by atoms with Gasteiger partial charge in [-0.25, -0.2) is 4.90 Å². The van der Waals surface area contributed by atoms with Gasteiger partial charge in [-0.3, -0.25) is 14.4 Å². The van der Waals surface area contributed by atoms with E-state index in [1.807, 2.05) is 19.1 Å². The predicted molar refractivity (Wildman–Crippen MR) is 84.0 cm³/mol. The van der Waals surface area contributed by atoms with Gasteiger partial charge in [0, 0.05) is 6.92 Å². The molecule has 6 nitrogen and oxygen atoms in total. The van der Waals surface area contributed by atoms with Gasteiger partial charge in [-0.1, -0.05) is 24.3 Å². The van der Waals surface area contributed by atoms with Crippen LogP contribution in [0.15, 0.2) is 36.4 Å². The number of fused-ring (bicyclic) bond motifs is 5. The summed E-state index contributed by atoms with van der Waals surface area (Å²) in [5.74, 6) is -2.20. The zero-order valence-electron chi connectivity index (χ0n) is 13.4. The Morgan fingerprint density at radius 1 is 1.29 bits per heavy atom. The highest BCUT2D eigenvalue weighted by molar-refractivity contribution is 6.23. The lowest BCUT2D eigenvalue weighted by Gasteiger charge is -2.28. The first-order valence-corrected chi connectivity index (χ1v) is 7.88. The summed E-state index contributed by atoms with van der Waals surface area (Å²) in [7, 11) is 0. The van der Waals surface area contributed by atoms with Gasteiger partial charge in [-0.05, 0) is 24.6 Å². The molecule has 0 aliphatic carbocycles. The Hall–Kier alpha value is -2.47. The normalized spacial score (nSPS) is 33.2. The van der Waals surface area contributed by atoms with Crippen LogP contribution in [0.25, 0.3) is 0 Å². The highest BCUT2D eigenvalue weighted by Gasteiger charge is 2.68. The van der Waals surface area contributed by atoms with Crippen LogP contribution in [0.1, 0.15) is 12.5 Å². The van der Waals surface area contributed by atoms with Crippen LogP contribution < -0.4 is 4.90 Å².